The van der Waals surface area contributed by atoms with Crippen molar-refractivity contribution in [3.05, 3.63) is 46.2 Å². The van der Waals surface area contributed by atoms with E-state index in [1.807, 2.05) is 42.8 Å². The molecule has 0 spiro atoms. The van der Waals surface area contributed by atoms with Crippen molar-refractivity contribution >= 4 is 15.9 Å². The van der Waals surface area contributed by atoms with Crippen LogP contribution >= 0.6 is 15.9 Å². The molecular weight excluding hydrogens is 320 g/mol. The summed E-state index contributed by atoms with van der Waals surface area (Å²) in [4.78, 5) is 0. The van der Waals surface area contributed by atoms with E-state index in [1.54, 1.807) is 13.3 Å². The summed E-state index contributed by atoms with van der Waals surface area (Å²) in [7, 11) is 1.59. The molecular formula is C15H19BrN2O2. The second-order valence-electron chi connectivity index (χ2n) is 4.98. The molecule has 1 atom stereocenters. The first-order valence-corrected chi connectivity index (χ1v) is 7.36. The Morgan fingerprint density at radius 1 is 1.30 bits per heavy atom. The molecule has 1 aromatic heterocycles. The Labute approximate surface area is 127 Å². The highest BCUT2D eigenvalue weighted by atomic mass is 79.9. The van der Waals surface area contributed by atoms with Crippen LogP contribution in [0, 0.1) is 0 Å². The molecule has 2 rings (SSSR count). The Morgan fingerprint density at radius 2 is 1.95 bits per heavy atom. The number of benzene rings is 1. The number of rotatable bonds is 5. The van der Waals surface area contributed by atoms with Crippen LogP contribution < -0.4 is 4.74 Å². The highest BCUT2D eigenvalue weighted by Crippen LogP contribution is 2.29. The van der Waals surface area contributed by atoms with Gasteiger partial charge >= 0.3 is 0 Å². The van der Waals surface area contributed by atoms with Crippen LogP contribution in [0.3, 0.4) is 0 Å². The maximum absolute atomic E-state index is 10.5. The molecule has 1 unspecified atom stereocenters. The van der Waals surface area contributed by atoms with E-state index in [9.17, 15) is 5.11 Å². The number of aliphatic hydroxyl groups excluding tert-OH is 1. The van der Waals surface area contributed by atoms with Crippen molar-refractivity contribution < 1.29 is 9.84 Å². The first kappa shape index (κ1) is 15.1. The molecule has 0 amide bonds. The monoisotopic (exact) mass is 338 g/mol. The van der Waals surface area contributed by atoms with Gasteiger partial charge in [-0.05, 0) is 31.5 Å². The van der Waals surface area contributed by atoms with Crippen molar-refractivity contribution in [2.45, 2.75) is 32.4 Å². The molecule has 1 N–H and O–H groups in total. The topological polar surface area (TPSA) is 47.3 Å². The molecule has 0 aliphatic heterocycles. The first-order valence-electron chi connectivity index (χ1n) is 6.56. The van der Waals surface area contributed by atoms with Gasteiger partial charge in [0, 0.05) is 16.9 Å². The number of methoxy groups -OCH3 is 1. The third kappa shape index (κ3) is 3.22. The van der Waals surface area contributed by atoms with Crippen LogP contribution in [0.5, 0.6) is 5.75 Å². The molecule has 2 aromatic rings. The molecule has 0 aliphatic rings. The number of halogens is 1. The van der Waals surface area contributed by atoms with Crippen molar-refractivity contribution in [1.29, 1.82) is 0 Å². The standard InChI is InChI=1S/C15H19BrN2O2/c1-10(2)18-15(14(20-3)9-17-18)13(19)8-11-4-6-12(16)7-5-11/h4-7,9-10,13,19H,8H2,1-3H3. The Balaban J connectivity index is 2.26. The number of aliphatic hydroxyl groups is 1. The fraction of sp³-hybridized carbons (Fsp3) is 0.400. The van der Waals surface area contributed by atoms with Crippen molar-refractivity contribution in [2.75, 3.05) is 7.11 Å². The van der Waals surface area contributed by atoms with Crippen molar-refractivity contribution in [2.24, 2.45) is 0 Å². The highest BCUT2D eigenvalue weighted by Gasteiger charge is 2.21. The summed E-state index contributed by atoms with van der Waals surface area (Å²) in [5, 5.41) is 14.8. The quantitative estimate of drug-likeness (QED) is 0.907. The Morgan fingerprint density at radius 3 is 2.50 bits per heavy atom. The molecule has 4 nitrogen and oxygen atoms in total. The van der Waals surface area contributed by atoms with Gasteiger partial charge in [0.2, 0.25) is 0 Å². The zero-order chi connectivity index (χ0) is 14.7. The second kappa shape index (κ2) is 6.41. The van der Waals surface area contributed by atoms with Gasteiger partial charge < -0.3 is 9.84 Å². The fourth-order valence-corrected chi connectivity index (χ4v) is 2.45. The summed E-state index contributed by atoms with van der Waals surface area (Å²) < 4.78 is 8.14. The van der Waals surface area contributed by atoms with Crippen LogP contribution in [0.25, 0.3) is 0 Å². The average Bonchev–Trinajstić information content (AvgIpc) is 2.85. The summed E-state index contributed by atoms with van der Waals surface area (Å²) in [6, 6.07) is 8.11. The molecule has 0 radical (unpaired) electrons. The van der Waals surface area contributed by atoms with Gasteiger partial charge in [0.15, 0.2) is 5.75 Å². The normalized spacial score (nSPS) is 12.7. The molecule has 1 heterocycles. The van der Waals surface area contributed by atoms with E-state index >= 15 is 0 Å². The van der Waals surface area contributed by atoms with Gasteiger partial charge in [0.05, 0.1) is 13.3 Å². The van der Waals surface area contributed by atoms with Gasteiger partial charge in [-0.2, -0.15) is 5.10 Å². The van der Waals surface area contributed by atoms with Crippen molar-refractivity contribution in [3.63, 3.8) is 0 Å². The minimum Gasteiger partial charge on any atom is -0.493 e. The van der Waals surface area contributed by atoms with Crippen LogP contribution in [0.15, 0.2) is 34.9 Å². The zero-order valence-corrected chi connectivity index (χ0v) is 13.5. The summed E-state index contributed by atoms with van der Waals surface area (Å²) in [6.07, 6.45) is 1.54. The van der Waals surface area contributed by atoms with Gasteiger partial charge in [-0.15, -0.1) is 0 Å². The summed E-state index contributed by atoms with van der Waals surface area (Å²) in [5.74, 6) is 0.628. The second-order valence-corrected chi connectivity index (χ2v) is 5.90. The fourth-order valence-electron chi connectivity index (χ4n) is 2.18. The number of hydrogen-bond acceptors (Lipinski definition) is 3. The van der Waals surface area contributed by atoms with Crippen LogP contribution in [-0.4, -0.2) is 22.0 Å². The molecule has 0 saturated carbocycles. The minimum absolute atomic E-state index is 0.175. The Hall–Kier alpha value is -1.33. The molecule has 5 heteroatoms. The molecule has 20 heavy (non-hydrogen) atoms. The Kier molecular flexibility index (Phi) is 4.83. The van der Waals surface area contributed by atoms with Gasteiger partial charge in [-0.1, -0.05) is 28.1 Å². The number of ether oxygens (including phenoxy) is 1. The predicted octanol–water partition coefficient (Wildman–Crippen LogP) is 3.51. The lowest BCUT2D eigenvalue weighted by Crippen LogP contribution is -2.13. The minimum atomic E-state index is -0.643. The molecule has 108 valence electrons. The van der Waals surface area contributed by atoms with Gasteiger partial charge in [-0.3, -0.25) is 4.68 Å². The first-order chi connectivity index (χ1) is 9.52. The third-order valence-corrected chi connectivity index (χ3v) is 3.69. The lowest BCUT2D eigenvalue weighted by atomic mass is 10.1. The largest absolute Gasteiger partial charge is 0.493 e. The summed E-state index contributed by atoms with van der Waals surface area (Å²) in [5.41, 5.74) is 1.80. The van der Waals surface area contributed by atoms with Gasteiger partial charge in [0.25, 0.3) is 0 Å². The average molecular weight is 339 g/mol. The SMILES string of the molecule is COc1cnn(C(C)C)c1C(O)Cc1ccc(Br)cc1. The van der Waals surface area contributed by atoms with E-state index in [2.05, 4.69) is 21.0 Å². The maximum atomic E-state index is 10.5. The molecule has 0 fully saturated rings. The molecule has 1 aromatic carbocycles. The Bertz CT molecular complexity index is 564. The van der Waals surface area contributed by atoms with E-state index in [0.29, 0.717) is 12.2 Å². The summed E-state index contributed by atoms with van der Waals surface area (Å²) >= 11 is 3.41. The third-order valence-electron chi connectivity index (χ3n) is 3.17. The highest BCUT2D eigenvalue weighted by molar-refractivity contribution is 9.10. The molecule has 0 bridgehead atoms. The zero-order valence-electron chi connectivity index (χ0n) is 11.9. The van der Waals surface area contributed by atoms with Crippen molar-refractivity contribution in [1.82, 2.24) is 9.78 Å². The molecule has 0 saturated heterocycles. The smallest absolute Gasteiger partial charge is 0.162 e. The van der Waals surface area contributed by atoms with Crippen LogP contribution in [-0.2, 0) is 6.42 Å². The van der Waals surface area contributed by atoms with Crippen LogP contribution in [0.2, 0.25) is 0 Å². The maximum Gasteiger partial charge on any atom is 0.162 e. The number of nitrogens with zero attached hydrogens (tertiary/aromatic N) is 2. The van der Waals surface area contributed by atoms with E-state index in [1.165, 1.54) is 0 Å². The predicted molar refractivity (Wildman–Crippen MR) is 82.0 cm³/mol. The van der Waals surface area contributed by atoms with Gasteiger partial charge in [-0.25, -0.2) is 0 Å². The van der Waals surface area contributed by atoms with E-state index in [4.69, 9.17) is 4.74 Å². The van der Waals surface area contributed by atoms with Gasteiger partial charge in [0.1, 0.15) is 11.8 Å². The van der Waals surface area contributed by atoms with E-state index in [0.717, 1.165) is 15.7 Å². The number of hydrogen-bond donors (Lipinski definition) is 1. The van der Waals surface area contributed by atoms with Crippen LogP contribution in [0.1, 0.15) is 37.3 Å². The number of aromatic nitrogens is 2. The van der Waals surface area contributed by atoms with Crippen molar-refractivity contribution in [3.8, 4) is 5.75 Å². The summed E-state index contributed by atoms with van der Waals surface area (Å²) in [6.45, 7) is 4.06. The lowest BCUT2D eigenvalue weighted by Gasteiger charge is -2.17. The van der Waals surface area contributed by atoms with E-state index in [-0.39, 0.29) is 6.04 Å². The van der Waals surface area contributed by atoms with E-state index < -0.39 is 6.10 Å². The lowest BCUT2D eigenvalue weighted by molar-refractivity contribution is 0.160. The van der Waals surface area contributed by atoms with Crippen LogP contribution in [0.4, 0.5) is 0 Å². The molecule has 0 aliphatic carbocycles.